The van der Waals surface area contributed by atoms with E-state index in [1.807, 2.05) is 0 Å². The van der Waals surface area contributed by atoms with Gasteiger partial charge in [0.25, 0.3) is 11.8 Å². The Balaban J connectivity index is 1.59. The molecule has 1 aliphatic carbocycles. The molecule has 1 N–H and O–H groups in total. The van der Waals surface area contributed by atoms with Crippen LogP contribution in [0.3, 0.4) is 0 Å². The Morgan fingerprint density at radius 3 is 2.59 bits per heavy atom. The van der Waals surface area contributed by atoms with Crippen LogP contribution < -0.4 is 10.2 Å². The third kappa shape index (κ3) is 4.10. The highest BCUT2D eigenvalue weighted by Crippen LogP contribution is 2.34. The minimum atomic E-state index is -2.67. The number of carbonyl (C=O) groups excluding carboxylic acids is 1. The van der Waals surface area contributed by atoms with Crippen molar-refractivity contribution in [2.45, 2.75) is 45.0 Å². The number of nitrogens with zero attached hydrogens (tertiary/aromatic N) is 3. The molecule has 1 saturated heterocycles. The van der Waals surface area contributed by atoms with Gasteiger partial charge in [-0.05, 0) is 43.4 Å². The molecule has 2 aliphatic rings. The van der Waals surface area contributed by atoms with Crippen LogP contribution in [0.1, 0.15) is 46.4 Å². The molecule has 2 heterocycles. The SMILES string of the molecule is Cc1cc(NC(=O)c2c(F)cc(Br)c3c2CCC3)nc(N2CCC(F)(F)CC2)n1. The molecule has 1 aliphatic heterocycles. The molecule has 154 valence electrons. The number of carbonyl (C=O) groups is 1. The van der Waals surface area contributed by atoms with Gasteiger partial charge in [0.15, 0.2) is 0 Å². The lowest BCUT2D eigenvalue weighted by atomic mass is 10.0. The van der Waals surface area contributed by atoms with Crippen LogP contribution in [0.2, 0.25) is 0 Å². The van der Waals surface area contributed by atoms with E-state index in [0.29, 0.717) is 16.6 Å². The van der Waals surface area contributed by atoms with Crippen molar-refractivity contribution in [3.05, 3.63) is 44.8 Å². The van der Waals surface area contributed by atoms with E-state index in [1.165, 1.54) is 6.07 Å². The monoisotopic (exact) mass is 468 g/mol. The van der Waals surface area contributed by atoms with Gasteiger partial charge >= 0.3 is 0 Å². The van der Waals surface area contributed by atoms with Crippen LogP contribution in [-0.4, -0.2) is 34.9 Å². The second kappa shape index (κ2) is 7.59. The topological polar surface area (TPSA) is 58.1 Å². The Hall–Kier alpha value is -2.16. The van der Waals surface area contributed by atoms with E-state index in [9.17, 15) is 18.0 Å². The highest BCUT2D eigenvalue weighted by atomic mass is 79.9. The summed E-state index contributed by atoms with van der Waals surface area (Å²) in [5, 5.41) is 2.66. The first-order valence-corrected chi connectivity index (χ1v) is 10.3. The van der Waals surface area contributed by atoms with Gasteiger partial charge in [-0.3, -0.25) is 4.79 Å². The number of halogens is 4. The molecule has 4 rings (SSSR count). The molecule has 5 nitrogen and oxygen atoms in total. The fourth-order valence-corrected chi connectivity index (χ4v) is 4.55. The van der Waals surface area contributed by atoms with Crippen LogP contribution in [0.4, 0.5) is 24.9 Å². The third-order valence-corrected chi connectivity index (χ3v) is 6.10. The summed E-state index contributed by atoms with van der Waals surface area (Å²) in [5.41, 5.74) is 2.31. The molecule has 9 heteroatoms. The molecular formula is C20H20BrF3N4O. The van der Waals surface area contributed by atoms with Gasteiger partial charge in [-0.25, -0.2) is 18.2 Å². The van der Waals surface area contributed by atoms with E-state index >= 15 is 0 Å². The summed E-state index contributed by atoms with van der Waals surface area (Å²) in [5.74, 6) is -3.31. The Morgan fingerprint density at radius 2 is 1.86 bits per heavy atom. The lowest BCUT2D eigenvalue weighted by Gasteiger charge is -2.31. The van der Waals surface area contributed by atoms with Gasteiger partial charge in [0, 0.05) is 42.2 Å². The van der Waals surface area contributed by atoms with Crippen molar-refractivity contribution in [3.8, 4) is 0 Å². The Labute approximate surface area is 174 Å². The predicted octanol–water partition coefficient (Wildman–Crippen LogP) is 4.66. The Kier molecular flexibility index (Phi) is 5.27. The zero-order valence-electron chi connectivity index (χ0n) is 15.9. The smallest absolute Gasteiger partial charge is 0.260 e. The first-order valence-electron chi connectivity index (χ1n) is 9.53. The summed E-state index contributed by atoms with van der Waals surface area (Å²) in [7, 11) is 0. The summed E-state index contributed by atoms with van der Waals surface area (Å²) < 4.78 is 42.1. The fraction of sp³-hybridized carbons (Fsp3) is 0.450. The number of hydrogen-bond donors (Lipinski definition) is 1. The maximum Gasteiger partial charge on any atom is 0.260 e. The first kappa shape index (κ1) is 20.1. The van der Waals surface area contributed by atoms with Crippen molar-refractivity contribution in [2.75, 3.05) is 23.3 Å². The van der Waals surface area contributed by atoms with Crippen LogP contribution in [0.5, 0.6) is 0 Å². The number of piperidine rings is 1. The molecule has 2 aromatic rings. The van der Waals surface area contributed by atoms with E-state index in [1.54, 1.807) is 17.9 Å². The summed E-state index contributed by atoms with van der Waals surface area (Å²) >= 11 is 3.37. The first-order chi connectivity index (χ1) is 13.7. The number of amides is 1. The highest BCUT2D eigenvalue weighted by molar-refractivity contribution is 9.10. The van der Waals surface area contributed by atoms with E-state index in [2.05, 4.69) is 31.2 Å². The van der Waals surface area contributed by atoms with Gasteiger partial charge in [0.05, 0.1) is 5.56 Å². The van der Waals surface area contributed by atoms with Gasteiger partial charge in [0.1, 0.15) is 11.6 Å². The summed E-state index contributed by atoms with van der Waals surface area (Å²) in [6, 6.07) is 2.90. The second-order valence-electron chi connectivity index (χ2n) is 7.52. The molecule has 0 atom stereocenters. The summed E-state index contributed by atoms with van der Waals surface area (Å²) in [6.07, 6.45) is 1.79. The van der Waals surface area contributed by atoms with E-state index in [0.717, 1.165) is 24.0 Å². The number of aryl methyl sites for hydroxylation is 1. The van der Waals surface area contributed by atoms with Crippen molar-refractivity contribution in [1.29, 1.82) is 0 Å². The molecule has 1 aromatic carbocycles. The maximum absolute atomic E-state index is 14.6. The minimum Gasteiger partial charge on any atom is -0.340 e. The maximum atomic E-state index is 14.6. The number of anilines is 2. The minimum absolute atomic E-state index is 0.0381. The van der Waals surface area contributed by atoms with Gasteiger partial charge < -0.3 is 10.2 Å². The number of nitrogens with one attached hydrogen (secondary N) is 1. The van der Waals surface area contributed by atoms with Crippen molar-refractivity contribution in [2.24, 2.45) is 0 Å². The number of fused-ring (bicyclic) bond motifs is 1. The molecule has 0 bridgehead atoms. The van der Waals surface area contributed by atoms with Crippen LogP contribution in [0.25, 0.3) is 0 Å². The molecule has 29 heavy (non-hydrogen) atoms. The standard InChI is InChI=1S/C20H20BrF3N4O/c1-11-9-16(27-19(25-11)28-7-5-20(23,24)6-8-28)26-18(29)17-13-4-2-3-12(13)14(21)10-15(17)22/h9-10H,2-8H2,1H3,(H,25,26,27,29). The van der Waals surface area contributed by atoms with Gasteiger partial charge in [0.2, 0.25) is 5.95 Å². The molecule has 1 fully saturated rings. The number of aromatic nitrogens is 2. The number of rotatable bonds is 3. The zero-order valence-corrected chi connectivity index (χ0v) is 17.5. The van der Waals surface area contributed by atoms with Gasteiger partial charge in [-0.1, -0.05) is 15.9 Å². The van der Waals surface area contributed by atoms with E-state index in [-0.39, 0.29) is 43.3 Å². The van der Waals surface area contributed by atoms with Crippen molar-refractivity contribution in [3.63, 3.8) is 0 Å². The van der Waals surface area contributed by atoms with Crippen LogP contribution in [0, 0.1) is 12.7 Å². The molecule has 1 amide bonds. The molecule has 0 spiro atoms. The van der Waals surface area contributed by atoms with Crippen LogP contribution >= 0.6 is 15.9 Å². The van der Waals surface area contributed by atoms with Crippen molar-refractivity contribution in [1.82, 2.24) is 9.97 Å². The fourth-order valence-electron chi connectivity index (χ4n) is 3.91. The highest BCUT2D eigenvalue weighted by Gasteiger charge is 2.35. The normalized spacial score (nSPS) is 17.9. The third-order valence-electron chi connectivity index (χ3n) is 5.39. The predicted molar refractivity (Wildman–Crippen MR) is 107 cm³/mol. The van der Waals surface area contributed by atoms with E-state index in [4.69, 9.17) is 0 Å². The molecular weight excluding hydrogens is 449 g/mol. The lowest BCUT2D eigenvalue weighted by Crippen LogP contribution is -2.40. The average molecular weight is 469 g/mol. The Bertz CT molecular complexity index is 973. The summed E-state index contributed by atoms with van der Waals surface area (Å²) in [4.78, 5) is 23.2. The molecule has 0 saturated carbocycles. The molecule has 0 unspecified atom stereocenters. The van der Waals surface area contributed by atoms with Gasteiger partial charge in [-0.15, -0.1) is 0 Å². The van der Waals surface area contributed by atoms with Crippen LogP contribution in [-0.2, 0) is 12.8 Å². The Morgan fingerprint density at radius 1 is 1.17 bits per heavy atom. The number of alkyl halides is 2. The molecule has 1 aromatic heterocycles. The molecule has 0 radical (unpaired) electrons. The quantitative estimate of drug-likeness (QED) is 0.711. The number of benzene rings is 1. The second-order valence-corrected chi connectivity index (χ2v) is 8.37. The number of hydrogen-bond acceptors (Lipinski definition) is 4. The zero-order chi connectivity index (χ0) is 20.8. The van der Waals surface area contributed by atoms with Crippen molar-refractivity contribution >= 4 is 33.6 Å². The van der Waals surface area contributed by atoms with Crippen molar-refractivity contribution < 1.29 is 18.0 Å². The lowest BCUT2D eigenvalue weighted by molar-refractivity contribution is -0.0222. The summed E-state index contributed by atoms with van der Waals surface area (Å²) in [6.45, 7) is 2.01. The largest absolute Gasteiger partial charge is 0.340 e. The van der Waals surface area contributed by atoms with Crippen LogP contribution in [0.15, 0.2) is 16.6 Å². The van der Waals surface area contributed by atoms with Gasteiger partial charge in [-0.2, -0.15) is 4.98 Å². The van der Waals surface area contributed by atoms with E-state index < -0.39 is 17.6 Å². The average Bonchev–Trinajstić information content (AvgIpc) is 3.11.